The van der Waals surface area contributed by atoms with Gasteiger partial charge in [-0.2, -0.15) is 0 Å². The van der Waals surface area contributed by atoms with Crippen LogP contribution in [0, 0.1) is 5.82 Å². The van der Waals surface area contributed by atoms with E-state index in [0.717, 1.165) is 6.42 Å². The van der Waals surface area contributed by atoms with Gasteiger partial charge in [-0.05, 0) is 41.8 Å². The largest absolute Gasteiger partial charge is 0.478 e. The number of pyridine rings is 1. The molecule has 116 valence electrons. The number of carboxylic acids is 1. The van der Waals surface area contributed by atoms with Crippen LogP contribution in [-0.2, 0) is 6.42 Å². The van der Waals surface area contributed by atoms with Gasteiger partial charge < -0.3 is 5.11 Å². The molecule has 1 heterocycles. The zero-order valence-electron chi connectivity index (χ0n) is 12.7. The van der Waals surface area contributed by atoms with Crippen LogP contribution in [0.4, 0.5) is 4.39 Å². The van der Waals surface area contributed by atoms with Crippen LogP contribution in [0.2, 0.25) is 0 Å². The molecule has 23 heavy (non-hydrogen) atoms. The molecule has 3 aromatic rings. The van der Waals surface area contributed by atoms with Gasteiger partial charge in [0.25, 0.3) is 0 Å². The molecule has 0 fully saturated rings. The van der Waals surface area contributed by atoms with Crippen LogP contribution >= 0.6 is 0 Å². The van der Waals surface area contributed by atoms with Crippen molar-refractivity contribution in [2.75, 3.05) is 0 Å². The van der Waals surface area contributed by atoms with Crippen molar-refractivity contribution in [3.8, 4) is 11.1 Å². The maximum absolute atomic E-state index is 14.8. The predicted octanol–water partition coefficient (Wildman–Crippen LogP) is 4.69. The summed E-state index contributed by atoms with van der Waals surface area (Å²) in [6, 6.07) is 11.8. The van der Waals surface area contributed by atoms with Gasteiger partial charge in [0.15, 0.2) is 0 Å². The average Bonchev–Trinajstić information content (AvgIpc) is 2.56. The normalized spacial score (nSPS) is 10.9. The molecule has 0 radical (unpaired) electrons. The first-order valence-corrected chi connectivity index (χ1v) is 7.51. The number of fused-ring (bicyclic) bond motifs is 1. The van der Waals surface area contributed by atoms with Crippen LogP contribution in [0.1, 0.15) is 29.3 Å². The van der Waals surface area contributed by atoms with E-state index in [4.69, 9.17) is 0 Å². The number of nitrogens with zero attached hydrogens (tertiary/aromatic N) is 1. The molecule has 3 rings (SSSR count). The van der Waals surface area contributed by atoms with E-state index in [2.05, 4.69) is 4.98 Å². The Morgan fingerprint density at radius 2 is 2.00 bits per heavy atom. The van der Waals surface area contributed by atoms with Crippen LogP contribution in [-0.4, -0.2) is 16.1 Å². The first-order chi connectivity index (χ1) is 11.1. The lowest BCUT2D eigenvalue weighted by atomic mass is 9.96. The first-order valence-electron chi connectivity index (χ1n) is 7.51. The van der Waals surface area contributed by atoms with Gasteiger partial charge in [0.05, 0.1) is 11.1 Å². The van der Waals surface area contributed by atoms with Gasteiger partial charge >= 0.3 is 5.97 Å². The van der Waals surface area contributed by atoms with Crippen LogP contribution in [0.3, 0.4) is 0 Å². The molecule has 0 aliphatic heterocycles. The predicted molar refractivity (Wildman–Crippen MR) is 88.1 cm³/mol. The van der Waals surface area contributed by atoms with Crippen molar-refractivity contribution < 1.29 is 14.3 Å². The number of aromatic carboxylic acids is 1. The van der Waals surface area contributed by atoms with Gasteiger partial charge in [-0.25, -0.2) is 9.18 Å². The summed E-state index contributed by atoms with van der Waals surface area (Å²) in [6.07, 6.45) is 3.15. The third-order valence-corrected chi connectivity index (χ3v) is 3.88. The van der Waals surface area contributed by atoms with Crippen LogP contribution in [0.15, 0.2) is 48.7 Å². The molecule has 0 atom stereocenters. The van der Waals surface area contributed by atoms with E-state index in [-0.39, 0.29) is 11.4 Å². The highest BCUT2D eigenvalue weighted by Gasteiger charge is 2.14. The van der Waals surface area contributed by atoms with Crippen molar-refractivity contribution in [3.63, 3.8) is 0 Å². The van der Waals surface area contributed by atoms with Gasteiger partial charge in [-0.1, -0.05) is 31.5 Å². The third kappa shape index (κ3) is 2.80. The Balaban J connectivity index is 2.26. The summed E-state index contributed by atoms with van der Waals surface area (Å²) in [5.41, 5.74) is 2.62. The Kier molecular flexibility index (Phi) is 4.06. The molecule has 0 aliphatic rings. The van der Waals surface area contributed by atoms with Crippen molar-refractivity contribution in [3.05, 3.63) is 65.6 Å². The number of hydrogen-bond acceptors (Lipinski definition) is 2. The molecular formula is C19H16FNO2. The summed E-state index contributed by atoms with van der Waals surface area (Å²) in [7, 11) is 0. The van der Waals surface area contributed by atoms with Crippen molar-refractivity contribution in [1.29, 1.82) is 0 Å². The lowest BCUT2D eigenvalue weighted by molar-refractivity contribution is 0.0697. The van der Waals surface area contributed by atoms with E-state index in [1.165, 1.54) is 6.07 Å². The Morgan fingerprint density at radius 1 is 1.17 bits per heavy atom. The second-order valence-corrected chi connectivity index (χ2v) is 5.42. The van der Waals surface area contributed by atoms with E-state index in [1.807, 2.05) is 13.0 Å². The average molecular weight is 309 g/mol. The Bertz CT molecular complexity index is 890. The molecule has 0 aliphatic carbocycles. The minimum absolute atomic E-state index is 0.164. The number of rotatable bonds is 4. The lowest BCUT2D eigenvalue weighted by Gasteiger charge is -2.11. The number of carbonyl (C=O) groups is 1. The molecule has 0 amide bonds. The zero-order valence-corrected chi connectivity index (χ0v) is 12.7. The quantitative estimate of drug-likeness (QED) is 0.760. The summed E-state index contributed by atoms with van der Waals surface area (Å²) in [5.74, 6) is -1.26. The molecule has 1 N–H and O–H groups in total. The highest BCUT2D eigenvalue weighted by atomic mass is 19.1. The van der Waals surface area contributed by atoms with Crippen molar-refractivity contribution in [2.24, 2.45) is 0 Å². The van der Waals surface area contributed by atoms with E-state index < -0.39 is 5.97 Å². The molecule has 4 heteroatoms. The number of hydrogen-bond donors (Lipinski definition) is 1. The molecule has 0 spiro atoms. The fourth-order valence-corrected chi connectivity index (χ4v) is 2.76. The summed E-state index contributed by atoms with van der Waals surface area (Å²) in [4.78, 5) is 15.4. The van der Waals surface area contributed by atoms with Crippen molar-refractivity contribution >= 4 is 16.9 Å². The summed E-state index contributed by atoms with van der Waals surface area (Å²) in [5, 5.41) is 9.82. The molecule has 0 saturated heterocycles. The minimum atomic E-state index is -1.01. The standard InChI is InChI=1S/C19H16FNO2/c1-2-4-12-5-3-6-15(18(12)20)14-9-10-21-17-8-7-13(19(22)23)11-16(14)17/h3,5-11H,2,4H2,1H3,(H,22,23). The summed E-state index contributed by atoms with van der Waals surface area (Å²) < 4.78 is 14.8. The Morgan fingerprint density at radius 3 is 2.74 bits per heavy atom. The first kappa shape index (κ1) is 15.2. The Hall–Kier alpha value is -2.75. The number of aromatic nitrogens is 1. The summed E-state index contributed by atoms with van der Waals surface area (Å²) in [6.45, 7) is 2.01. The van der Waals surface area contributed by atoms with Gasteiger partial charge in [-0.15, -0.1) is 0 Å². The maximum atomic E-state index is 14.8. The fraction of sp³-hybridized carbons (Fsp3) is 0.158. The SMILES string of the molecule is CCCc1cccc(-c2ccnc3ccc(C(=O)O)cc23)c1F. The molecule has 1 aromatic heterocycles. The van der Waals surface area contributed by atoms with Crippen LogP contribution in [0.25, 0.3) is 22.0 Å². The van der Waals surface area contributed by atoms with E-state index in [9.17, 15) is 14.3 Å². The molecular weight excluding hydrogens is 293 g/mol. The van der Waals surface area contributed by atoms with Crippen molar-refractivity contribution in [2.45, 2.75) is 19.8 Å². The van der Waals surface area contributed by atoms with Gasteiger partial charge in [0, 0.05) is 17.1 Å². The molecule has 2 aromatic carbocycles. The van der Waals surface area contributed by atoms with Crippen LogP contribution in [0.5, 0.6) is 0 Å². The second kappa shape index (κ2) is 6.16. The van der Waals surface area contributed by atoms with Gasteiger partial charge in [0.2, 0.25) is 0 Å². The van der Waals surface area contributed by atoms with E-state index in [0.29, 0.717) is 34.0 Å². The number of aryl methyl sites for hydroxylation is 1. The van der Waals surface area contributed by atoms with Gasteiger partial charge in [-0.3, -0.25) is 4.98 Å². The topological polar surface area (TPSA) is 50.2 Å². The lowest BCUT2D eigenvalue weighted by Crippen LogP contribution is -1.98. The fourth-order valence-electron chi connectivity index (χ4n) is 2.76. The number of halogens is 1. The number of carboxylic acid groups (broad SMARTS) is 1. The van der Waals surface area contributed by atoms with E-state index in [1.54, 1.807) is 36.5 Å². The smallest absolute Gasteiger partial charge is 0.335 e. The molecule has 0 unspecified atom stereocenters. The van der Waals surface area contributed by atoms with Crippen molar-refractivity contribution in [1.82, 2.24) is 4.98 Å². The zero-order chi connectivity index (χ0) is 16.4. The molecule has 3 nitrogen and oxygen atoms in total. The molecule has 0 bridgehead atoms. The Labute approximate surface area is 133 Å². The second-order valence-electron chi connectivity index (χ2n) is 5.42. The highest BCUT2D eigenvalue weighted by Crippen LogP contribution is 2.31. The summed E-state index contributed by atoms with van der Waals surface area (Å²) >= 11 is 0. The van der Waals surface area contributed by atoms with Crippen LogP contribution < -0.4 is 0 Å². The number of benzene rings is 2. The maximum Gasteiger partial charge on any atom is 0.335 e. The minimum Gasteiger partial charge on any atom is -0.478 e. The highest BCUT2D eigenvalue weighted by molar-refractivity contribution is 5.99. The van der Waals surface area contributed by atoms with Gasteiger partial charge in [0.1, 0.15) is 5.82 Å². The molecule has 0 saturated carbocycles. The van der Waals surface area contributed by atoms with E-state index >= 15 is 0 Å². The monoisotopic (exact) mass is 309 g/mol. The third-order valence-electron chi connectivity index (χ3n) is 3.88.